The molecule has 0 bridgehead atoms. The Labute approximate surface area is 144 Å². The van der Waals surface area contributed by atoms with Crippen LogP contribution in [0, 0.1) is 0 Å². The number of rotatable bonds is 6. The van der Waals surface area contributed by atoms with Gasteiger partial charge in [-0.15, -0.1) is 11.3 Å². The zero-order valence-corrected chi connectivity index (χ0v) is 14.3. The van der Waals surface area contributed by atoms with Gasteiger partial charge in [0.15, 0.2) is 5.13 Å². The maximum Gasteiger partial charge on any atom is 0.262 e. The smallest absolute Gasteiger partial charge is 0.262 e. The number of hydrogen-bond donors (Lipinski definition) is 1. The van der Waals surface area contributed by atoms with Crippen LogP contribution in [-0.2, 0) is 11.3 Å². The summed E-state index contributed by atoms with van der Waals surface area (Å²) in [7, 11) is 0. The number of amides is 1. The van der Waals surface area contributed by atoms with Crippen molar-refractivity contribution in [3.8, 4) is 5.88 Å². The highest BCUT2D eigenvalue weighted by molar-refractivity contribution is 7.14. The van der Waals surface area contributed by atoms with Crippen LogP contribution < -0.4 is 10.1 Å². The predicted octanol–water partition coefficient (Wildman–Crippen LogP) is 2.02. The van der Waals surface area contributed by atoms with E-state index < -0.39 is 0 Å². The zero-order chi connectivity index (χ0) is 16.8. The summed E-state index contributed by atoms with van der Waals surface area (Å²) in [5, 5.41) is 5.37. The van der Waals surface area contributed by atoms with Gasteiger partial charge in [-0.25, -0.2) is 9.97 Å². The molecule has 0 aromatic carbocycles. The fourth-order valence-electron chi connectivity index (χ4n) is 2.41. The molecule has 1 fully saturated rings. The molecule has 128 valence electrons. The average Bonchev–Trinajstić information content (AvgIpc) is 3.03. The predicted molar refractivity (Wildman–Crippen MR) is 91.6 cm³/mol. The molecule has 1 amide bonds. The monoisotopic (exact) mass is 348 g/mol. The van der Waals surface area contributed by atoms with Gasteiger partial charge in [-0.1, -0.05) is 0 Å². The molecule has 1 aliphatic rings. The molecular weight excluding hydrogens is 328 g/mol. The third-order valence-electron chi connectivity index (χ3n) is 3.56. The van der Waals surface area contributed by atoms with E-state index in [4.69, 9.17) is 9.47 Å². The van der Waals surface area contributed by atoms with Gasteiger partial charge in [0.1, 0.15) is 5.56 Å². The molecule has 0 aliphatic carbocycles. The van der Waals surface area contributed by atoms with Crippen molar-refractivity contribution in [2.24, 2.45) is 0 Å². The van der Waals surface area contributed by atoms with Crippen molar-refractivity contribution in [1.82, 2.24) is 14.9 Å². The number of aromatic nitrogens is 2. The number of hydrogen-bond acceptors (Lipinski definition) is 7. The fraction of sp³-hybridized carbons (Fsp3) is 0.438. The Bertz CT molecular complexity index is 685. The minimum atomic E-state index is -0.265. The van der Waals surface area contributed by atoms with Crippen LogP contribution in [0.1, 0.15) is 23.0 Å². The molecule has 1 aliphatic heterocycles. The van der Waals surface area contributed by atoms with Crippen LogP contribution in [0.2, 0.25) is 0 Å². The first kappa shape index (κ1) is 16.8. The van der Waals surface area contributed by atoms with Crippen molar-refractivity contribution < 1.29 is 14.3 Å². The summed E-state index contributed by atoms with van der Waals surface area (Å²) in [6.07, 6.45) is 1.60. The standard InChI is InChI=1S/C16H20N4O3S/c1-2-23-15-13(4-3-5-17-15)14(21)19-16-18-12(11-24-16)10-20-6-8-22-9-7-20/h3-5,11H,2,6-10H2,1H3,(H,18,19,21). The Morgan fingerprint density at radius 1 is 1.46 bits per heavy atom. The van der Waals surface area contributed by atoms with Gasteiger partial charge >= 0.3 is 0 Å². The Kier molecular flexibility index (Phi) is 5.73. The van der Waals surface area contributed by atoms with E-state index in [2.05, 4.69) is 20.2 Å². The second kappa shape index (κ2) is 8.18. The van der Waals surface area contributed by atoms with E-state index >= 15 is 0 Å². The molecule has 1 N–H and O–H groups in total. The molecule has 3 rings (SSSR count). The normalized spacial score (nSPS) is 15.2. The molecule has 24 heavy (non-hydrogen) atoms. The third-order valence-corrected chi connectivity index (χ3v) is 4.36. The van der Waals surface area contributed by atoms with Crippen LogP contribution in [0.3, 0.4) is 0 Å². The highest BCUT2D eigenvalue weighted by atomic mass is 32.1. The van der Waals surface area contributed by atoms with Crippen LogP contribution in [0.25, 0.3) is 0 Å². The highest BCUT2D eigenvalue weighted by Crippen LogP contribution is 2.20. The number of morpholine rings is 1. The lowest BCUT2D eigenvalue weighted by Gasteiger charge is -2.25. The Hall–Kier alpha value is -2.03. The van der Waals surface area contributed by atoms with Crippen LogP contribution in [0.15, 0.2) is 23.7 Å². The van der Waals surface area contributed by atoms with Crippen LogP contribution in [-0.4, -0.2) is 53.7 Å². The number of anilines is 1. The van der Waals surface area contributed by atoms with Gasteiger partial charge in [-0.3, -0.25) is 15.0 Å². The number of nitrogens with zero attached hydrogens (tertiary/aromatic N) is 3. The second-order valence-electron chi connectivity index (χ2n) is 5.28. The molecule has 1 saturated heterocycles. The van der Waals surface area contributed by atoms with E-state index in [0.717, 1.165) is 38.5 Å². The topological polar surface area (TPSA) is 76.6 Å². The lowest BCUT2D eigenvalue weighted by atomic mass is 10.2. The molecule has 0 unspecified atom stereocenters. The van der Waals surface area contributed by atoms with E-state index in [1.807, 2.05) is 12.3 Å². The maximum atomic E-state index is 12.4. The van der Waals surface area contributed by atoms with Crippen LogP contribution in [0.4, 0.5) is 5.13 Å². The van der Waals surface area contributed by atoms with Crippen molar-refractivity contribution in [3.05, 3.63) is 35.0 Å². The number of carbonyl (C=O) groups is 1. The quantitative estimate of drug-likeness (QED) is 0.861. The molecule has 0 radical (unpaired) electrons. The summed E-state index contributed by atoms with van der Waals surface area (Å²) < 4.78 is 10.7. The number of pyridine rings is 1. The van der Waals surface area contributed by atoms with Crippen molar-refractivity contribution in [1.29, 1.82) is 0 Å². The number of thiazole rings is 1. The lowest BCUT2D eigenvalue weighted by molar-refractivity contribution is 0.0337. The summed E-state index contributed by atoms with van der Waals surface area (Å²) in [5.41, 5.74) is 1.36. The first-order valence-electron chi connectivity index (χ1n) is 7.90. The van der Waals surface area contributed by atoms with E-state index in [9.17, 15) is 4.79 Å². The zero-order valence-electron chi connectivity index (χ0n) is 13.5. The van der Waals surface area contributed by atoms with Gasteiger partial charge < -0.3 is 9.47 Å². The van der Waals surface area contributed by atoms with Crippen molar-refractivity contribution in [2.75, 3.05) is 38.2 Å². The van der Waals surface area contributed by atoms with E-state index in [1.54, 1.807) is 18.3 Å². The van der Waals surface area contributed by atoms with Gasteiger partial charge in [0.25, 0.3) is 5.91 Å². The summed E-state index contributed by atoms with van der Waals surface area (Å²) in [6.45, 7) is 6.42. The van der Waals surface area contributed by atoms with Crippen LogP contribution in [0.5, 0.6) is 5.88 Å². The first-order valence-corrected chi connectivity index (χ1v) is 8.78. The molecule has 8 heteroatoms. The average molecular weight is 348 g/mol. The SMILES string of the molecule is CCOc1ncccc1C(=O)Nc1nc(CN2CCOCC2)cs1. The maximum absolute atomic E-state index is 12.4. The number of nitrogens with one attached hydrogen (secondary N) is 1. The number of carbonyl (C=O) groups excluding carboxylic acids is 1. The first-order chi connectivity index (χ1) is 11.8. The Morgan fingerprint density at radius 3 is 3.08 bits per heavy atom. The molecule has 7 nitrogen and oxygen atoms in total. The van der Waals surface area contributed by atoms with Gasteiger partial charge in [-0.05, 0) is 19.1 Å². The molecule has 2 aromatic heterocycles. The fourth-order valence-corrected chi connectivity index (χ4v) is 3.10. The second-order valence-corrected chi connectivity index (χ2v) is 6.13. The molecular formula is C16H20N4O3S. The summed E-state index contributed by atoms with van der Waals surface area (Å²) >= 11 is 1.42. The molecule has 0 saturated carbocycles. The van der Waals surface area contributed by atoms with Gasteiger partial charge in [0.2, 0.25) is 5.88 Å². The highest BCUT2D eigenvalue weighted by Gasteiger charge is 2.16. The van der Waals surface area contributed by atoms with Gasteiger partial charge in [0.05, 0.1) is 25.5 Å². The number of ether oxygens (including phenoxy) is 2. The van der Waals surface area contributed by atoms with Gasteiger partial charge in [0, 0.05) is 31.2 Å². The summed E-state index contributed by atoms with van der Waals surface area (Å²) in [6, 6.07) is 3.40. The molecule has 0 atom stereocenters. The van der Waals surface area contributed by atoms with E-state index in [-0.39, 0.29) is 5.91 Å². The molecule has 0 spiro atoms. The van der Waals surface area contributed by atoms with Gasteiger partial charge in [-0.2, -0.15) is 0 Å². The van der Waals surface area contributed by atoms with Crippen molar-refractivity contribution in [3.63, 3.8) is 0 Å². The molecule has 3 heterocycles. The molecule has 2 aromatic rings. The summed E-state index contributed by atoms with van der Waals surface area (Å²) in [4.78, 5) is 23.3. The lowest BCUT2D eigenvalue weighted by Crippen LogP contribution is -2.35. The van der Waals surface area contributed by atoms with E-state index in [0.29, 0.717) is 23.2 Å². The largest absolute Gasteiger partial charge is 0.477 e. The Morgan fingerprint density at radius 2 is 2.29 bits per heavy atom. The third kappa shape index (κ3) is 4.28. The summed E-state index contributed by atoms with van der Waals surface area (Å²) in [5.74, 6) is 0.0708. The minimum Gasteiger partial charge on any atom is -0.477 e. The Balaban J connectivity index is 1.63. The minimum absolute atomic E-state index is 0.265. The van der Waals surface area contributed by atoms with Crippen molar-refractivity contribution >= 4 is 22.4 Å². The van der Waals surface area contributed by atoms with E-state index in [1.165, 1.54) is 11.3 Å². The van der Waals surface area contributed by atoms with Crippen molar-refractivity contribution in [2.45, 2.75) is 13.5 Å². The van der Waals surface area contributed by atoms with Crippen LogP contribution >= 0.6 is 11.3 Å².